The molecule has 0 spiro atoms. The molecule has 2 aromatic carbocycles. The van der Waals surface area contributed by atoms with Crippen LogP contribution < -0.4 is 9.64 Å². The number of aryl methyl sites for hydroxylation is 2. The number of imide groups is 1. The van der Waals surface area contributed by atoms with E-state index in [9.17, 15) is 9.59 Å². The molecule has 1 saturated heterocycles. The highest BCUT2D eigenvalue weighted by atomic mass is 16.5. The number of carbonyl (C=O) groups excluding carboxylic acids is 2. The van der Waals surface area contributed by atoms with Crippen molar-refractivity contribution in [1.29, 1.82) is 0 Å². The Balaban J connectivity index is 1.75. The van der Waals surface area contributed by atoms with Crippen LogP contribution in [0.25, 0.3) is 5.57 Å². The van der Waals surface area contributed by atoms with Crippen molar-refractivity contribution in [2.24, 2.45) is 0 Å². The quantitative estimate of drug-likeness (QED) is 0.629. The fourth-order valence-electron chi connectivity index (χ4n) is 4.23. The van der Waals surface area contributed by atoms with E-state index in [4.69, 9.17) is 4.74 Å². The van der Waals surface area contributed by atoms with Gasteiger partial charge in [0.05, 0.1) is 17.9 Å². The summed E-state index contributed by atoms with van der Waals surface area (Å²) in [6.07, 6.45) is 4.16. The summed E-state index contributed by atoms with van der Waals surface area (Å²) < 4.78 is 5.69. The van der Waals surface area contributed by atoms with Crippen molar-refractivity contribution < 1.29 is 14.3 Å². The van der Waals surface area contributed by atoms with E-state index in [0.717, 1.165) is 61.2 Å². The minimum absolute atomic E-state index is 0.225. The Morgan fingerprint density at radius 1 is 0.871 bits per heavy atom. The van der Waals surface area contributed by atoms with Gasteiger partial charge >= 0.3 is 0 Å². The van der Waals surface area contributed by atoms with Crippen LogP contribution in [0.4, 0.5) is 5.69 Å². The average molecular weight is 419 g/mol. The van der Waals surface area contributed by atoms with Gasteiger partial charge < -0.3 is 9.64 Å². The van der Waals surface area contributed by atoms with Crippen molar-refractivity contribution in [2.45, 2.75) is 46.5 Å². The average Bonchev–Trinajstić information content (AvgIpc) is 3.05. The van der Waals surface area contributed by atoms with Crippen molar-refractivity contribution in [1.82, 2.24) is 4.90 Å². The second kappa shape index (κ2) is 8.96. The Labute approximate surface area is 184 Å². The van der Waals surface area contributed by atoms with E-state index in [1.54, 1.807) is 0 Å². The van der Waals surface area contributed by atoms with Gasteiger partial charge in [0.25, 0.3) is 11.8 Å². The third-order valence-electron chi connectivity index (χ3n) is 6.10. The van der Waals surface area contributed by atoms with Gasteiger partial charge in [0.15, 0.2) is 0 Å². The molecule has 1 fully saturated rings. The maximum atomic E-state index is 13.6. The predicted octanol–water partition coefficient (Wildman–Crippen LogP) is 4.86. The van der Waals surface area contributed by atoms with Crippen molar-refractivity contribution in [3.8, 4) is 5.75 Å². The van der Waals surface area contributed by atoms with Crippen LogP contribution in [0.3, 0.4) is 0 Å². The molecule has 0 radical (unpaired) electrons. The first-order valence-corrected chi connectivity index (χ1v) is 11.2. The standard InChI is InChI=1S/C26H30N2O3/c1-4-16-31-22-12-9-20(10-13-22)23-24(27-14-6-5-7-15-27)26(30)28(25(23)29)21-11-8-18(2)19(3)17-21/h8-13,17H,4-7,14-16H2,1-3H3. The molecule has 0 unspecified atom stereocenters. The summed E-state index contributed by atoms with van der Waals surface area (Å²) in [4.78, 5) is 30.6. The van der Waals surface area contributed by atoms with Gasteiger partial charge in [-0.05, 0) is 80.5 Å². The zero-order chi connectivity index (χ0) is 22.0. The van der Waals surface area contributed by atoms with E-state index in [0.29, 0.717) is 23.6 Å². The first-order valence-electron chi connectivity index (χ1n) is 11.2. The molecule has 2 amide bonds. The number of piperidine rings is 1. The van der Waals surface area contributed by atoms with Crippen LogP contribution in [-0.2, 0) is 9.59 Å². The number of likely N-dealkylation sites (tertiary alicyclic amines) is 1. The van der Waals surface area contributed by atoms with Crippen LogP contribution in [0, 0.1) is 13.8 Å². The van der Waals surface area contributed by atoms with Crippen LogP contribution in [0.2, 0.25) is 0 Å². The van der Waals surface area contributed by atoms with Gasteiger partial charge in [-0.3, -0.25) is 9.59 Å². The summed E-state index contributed by atoms with van der Waals surface area (Å²) >= 11 is 0. The number of hydrogen-bond acceptors (Lipinski definition) is 4. The van der Waals surface area contributed by atoms with Crippen molar-refractivity contribution in [3.63, 3.8) is 0 Å². The van der Waals surface area contributed by atoms with E-state index >= 15 is 0 Å². The monoisotopic (exact) mass is 418 g/mol. The summed E-state index contributed by atoms with van der Waals surface area (Å²) in [5.74, 6) is 0.293. The smallest absolute Gasteiger partial charge is 0.282 e. The number of carbonyl (C=O) groups is 2. The van der Waals surface area contributed by atoms with Gasteiger partial charge in [-0.25, -0.2) is 4.90 Å². The van der Waals surface area contributed by atoms with Gasteiger partial charge in [0.2, 0.25) is 0 Å². The Kier molecular flexibility index (Phi) is 6.12. The van der Waals surface area contributed by atoms with Crippen LogP contribution in [0.5, 0.6) is 5.75 Å². The topological polar surface area (TPSA) is 49.9 Å². The molecule has 2 aromatic rings. The van der Waals surface area contributed by atoms with E-state index in [1.807, 2.05) is 56.3 Å². The molecule has 0 saturated carbocycles. The minimum atomic E-state index is -0.254. The Morgan fingerprint density at radius 3 is 2.23 bits per heavy atom. The second-order valence-electron chi connectivity index (χ2n) is 8.36. The summed E-state index contributed by atoms with van der Waals surface area (Å²) in [6.45, 7) is 8.34. The zero-order valence-corrected chi connectivity index (χ0v) is 18.6. The van der Waals surface area contributed by atoms with Crippen molar-refractivity contribution in [3.05, 3.63) is 64.9 Å². The third-order valence-corrected chi connectivity index (χ3v) is 6.10. The molecule has 0 bridgehead atoms. The van der Waals surface area contributed by atoms with Crippen molar-refractivity contribution >= 4 is 23.1 Å². The minimum Gasteiger partial charge on any atom is -0.494 e. The molecule has 0 atom stereocenters. The van der Waals surface area contributed by atoms with Crippen LogP contribution in [0.15, 0.2) is 48.2 Å². The fourth-order valence-corrected chi connectivity index (χ4v) is 4.23. The zero-order valence-electron chi connectivity index (χ0n) is 18.6. The number of ether oxygens (including phenoxy) is 1. The third kappa shape index (κ3) is 4.09. The summed E-state index contributed by atoms with van der Waals surface area (Å²) in [5.41, 5.74) is 4.61. The summed E-state index contributed by atoms with van der Waals surface area (Å²) in [7, 11) is 0. The SMILES string of the molecule is CCCOc1ccc(C2=C(N3CCCCC3)C(=O)N(c3ccc(C)c(C)c3)C2=O)cc1. The predicted molar refractivity (Wildman–Crippen MR) is 123 cm³/mol. The first-order chi connectivity index (χ1) is 15.0. The number of anilines is 1. The van der Waals surface area contributed by atoms with Gasteiger partial charge in [-0.1, -0.05) is 25.1 Å². The molecule has 0 aliphatic carbocycles. The van der Waals surface area contributed by atoms with E-state index in [2.05, 4.69) is 11.8 Å². The summed E-state index contributed by atoms with van der Waals surface area (Å²) in [5, 5.41) is 0. The van der Waals surface area contributed by atoms with Crippen LogP contribution in [-0.4, -0.2) is 36.4 Å². The number of nitrogens with zero attached hydrogens (tertiary/aromatic N) is 2. The molecule has 2 heterocycles. The lowest BCUT2D eigenvalue weighted by molar-refractivity contribution is -0.120. The number of amides is 2. The van der Waals surface area contributed by atoms with E-state index < -0.39 is 0 Å². The largest absolute Gasteiger partial charge is 0.494 e. The molecule has 2 aliphatic rings. The normalized spacial score (nSPS) is 17.0. The molecule has 5 nitrogen and oxygen atoms in total. The molecule has 31 heavy (non-hydrogen) atoms. The molecule has 2 aliphatic heterocycles. The molecule has 0 aromatic heterocycles. The summed E-state index contributed by atoms with van der Waals surface area (Å²) in [6, 6.07) is 13.3. The molecule has 5 heteroatoms. The molecule has 0 N–H and O–H groups in total. The van der Waals surface area contributed by atoms with E-state index in [-0.39, 0.29) is 11.8 Å². The second-order valence-corrected chi connectivity index (χ2v) is 8.36. The molecule has 4 rings (SSSR count). The number of benzene rings is 2. The maximum Gasteiger partial charge on any atom is 0.282 e. The first kappa shape index (κ1) is 21.2. The number of hydrogen-bond donors (Lipinski definition) is 0. The fraction of sp³-hybridized carbons (Fsp3) is 0.385. The molecule has 162 valence electrons. The van der Waals surface area contributed by atoms with Gasteiger partial charge in [0.1, 0.15) is 11.4 Å². The van der Waals surface area contributed by atoms with Crippen molar-refractivity contribution in [2.75, 3.05) is 24.6 Å². The Hall–Kier alpha value is -3.08. The lowest BCUT2D eigenvalue weighted by Gasteiger charge is -2.29. The van der Waals surface area contributed by atoms with Gasteiger partial charge in [-0.2, -0.15) is 0 Å². The Morgan fingerprint density at radius 2 is 1.58 bits per heavy atom. The van der Waals surface area contributed by atoms with E-state index in [1.165, 1.54) is 4.90 Å². The highest BCUT2D eigenvalue weighted by molar-refractivity contribution is 6.45. The maximum absolute atomic E-state index is 13.6. The molecular formula is C26H30N2O3. The van der Waals surface area contributed by atoms with Gasteiger partial charge in [0, 0.05) is 13.1 Å². The lowest BCUT2D eigenvalue weighted by atomic mass is 10.0. The van der Waals surface area contributed by atoms with Gasteiger partial charge in [-0.15, -0.1) is 0 Å². The highest BCUT2D eigenvalue weighted by Crippen LogP contribution is 2.36. The lowest BCUT2D eigenvalue weighted by Crippen LogP contribution is -2.37. The van der Waals surface area contributed by atoms with Crippen LogP contribution in [0.1, 0.15) is 49.3 Å². The highest BCUT2D eigenvalue weighted by Gasteiger charge is 2.42. The number of rotatable bonds is 6. The Bertz CT molecular complexity index is 1020. The van der Waals surface area contributed by atoms with Crippen LogP contribution >= 0.6 is 0 Å². The molecular weight excluding hydrogens is 388 g/mol.